The summed E-state index contributed by atoms with van der Waals surface area (Å²) in [5, 5.41) is 21.6. The first-order valence-electron chi connectivity index (χ1n) is 23.2. The van der Waals surface area contributed by atoms with E-state index in [1.807, 2.05) is 115 Å². The van der Waals surface area contributed by atoms with Crippen molar-refractivity contribution in [2.45, 2.75) is 52.6 Å². The van der Waals surface area contributed by atoms with Crippen molar-refractivity contribution in [1.29, 1.82) is 0 Å². The first-order chi connectivity index (χ1) is 34.1. The summed E-state index contributed by atoms with van der Waals surface area (Å²) in [6.45, 7) is 11.5. The second kappa shape index (κ2) is 24.0. The van der Waals surface area contributed by atoms with Crippen LogP contribution in [0.4, 0.5) is 0 Å². The predicted octanol–water partition coefficient (Wildman–Crippen LogP) is 7.59. The Kier molecular flexibility index (Phi) is 17.2. The van der Waals surface area contributed by atoms with Crippen molar-refractivity contribution in [1.82, 2.24) is 34.8 Å². The van der Waals surface area contributed by atoms with Gasteiger partial charge in [-0.1, -0.05) is 47.5 Å². The number of ketones is 1. The summed E-state index contributed by atoms with van der Waals surface area (Å²) in [4.78, 5) is 35.3. The molecule has 70 heavy (non-hydrogen) atoms. The molecule has 2 aliphatic rings. The molecule has 2 aliphatic heterocycles. The highest BCUT2D eigenvalue weighted by Crippen LogP contribution is 2.36. The van der Waals surface area contributed by atoms with Crippen LogP contribution in [0.25, 0.3) is 11.4 Å². The number of carbonyl (C=O) groups excluding carboxylic acids is 2. The Balaban J connectivity index is 0.740. The third-order valence-corrected chi connectivity index (χ3v) is 11.9. The number of hydrogen-bond donors (Lipinski definition) is 1. The van der Waals surface area contributed by atoms with Gasteiger partial charge in [0.05, 0.1) is 82.1 Å². The lowest BCUT2D eigenvalue weighted by molar-refractivity contribution is -0.121. The van der Waals surface area contributed by atoms with E-state index < -0.39 is 12.1 Å². The van der Waals surface area contributed by atoms with E-state index in [1.54, 1.807) is 6.92 Å². The first-order valence-corrected chi connectivity index (χ1v) is 24.0. The highest BCUT2D eigenvalue weighted by Gasteiger charge is 2.31. The number of ether oxygens (including phenoxy) is 6. The fourth-order valence-corrected chi connectivity index (χ4v) is 8.45. The summed E-state index contributed by atoms with van der Waals surface area (Å²) in [7, 11) is 0. The summed E-state index contributed by atoms with van der Waals surface area (Å²) in [5.74, 6) is 3.73. The standard InChI is InChI=1S/C51H55Cl2N9O8/c1-5-54-47(64)31-44-51-60-58-34(4)62(51)46-17-15-40(30-42(46)49(56-44)36-8-12-38(53)13-9-36)70-27-25-68-23-21-66-19-18-65-20-22-67-24-26-69-39-14-16-45-41(29-39)48(35-6-10-37(52)11-7-35)55-43(28-32(2)63)50-59-57-33(3)61(45)50/h6-17,29-30,43-44H,5,18-28,31H2,1-4H3,(H,54,64)/t43-,44-/m0/s1. The van der Waals surface area contributed by atoms with Crippen LogP contribution in [0.2, 0.25) is 10.0 Å². The van der Waals surface area contributed by atoms with Crippen LogP contribution >= 0.6 is 23.2 Å². The van der Waals surface area contributed by atoms with Gasteiger partial charge in [0.25, 0.3) is 0 Å². The van der Waals surface area contributed by atoms with Crippen LogP contribution in [0.15, 0.2) is 94.9 Å². The summed E-state index contributed by atoms with van der Waals surface area (Å²) in [6, 6.07) is 25.4. The third-order valence-electron chi connectivity index (χ3n) is 11.4. The molecular formula is C51H55Cl2N9O8. The van der Waals surface area contributed by atoms with E-state index in [0.29, 0.717) is 129 Å². The van der Waals surface area contributed by atoms with Crippen molar-refractivity contribution in [2.24, 2.45) is 9.98 Å². The molecule has 6 aromatic rings. The smallest absolute Gasteiger partial charge is 0.222 e. The maximum absolute atomic E-state index is 12.8. The maximum Gasteiger partial charge on any atom is 0.222 e. The lowest BCUT2D eigenvalue weighted by atomic mass is 10.00. The van der Waals surface area contributed by atoms with Crippen LogP contribution in [0.5, 0.6) is 11.5 Å². The molecule has 366 valence electrons. The van der Waals surface area contributed by atoms with Gasteiger partial charge in [-0.05, 0) is 88.4 Å². The van der Waals surface area contributed by atoms with Crippen molar-refractivity contribution in [3.63, 3.8) is 0 Å². The van der Waals surface area contributed by atoms with Crippen molar-refractivity contribution in [3.8, 4) is 22.9 Å². The average Bonchev–Trinajstić information content (AvgIpc) is 3.85. The number of aromatic nitrogens is 6. The molecule has 2 atom stereocenters. The zero-order valence-corrected chi connectivity index (χ0v) is 41.0. The molecule has 0 spiro atoms. The SMILES string of the molecule is CCNC(=O)C[C@@H]1N=C(c2ccc(Cl)cc2)c2cc(OCCOCCOCCOCCOCCOc3ccc4c(c3)C(c3ccc(Cl)cc3)=N[C@@H](CC(C)=O)c3nnc(C)n3-4)ccc2-n2c(C)nnc21. The Labute approximate surface area is 416 Å². The monoisotopic (exact) mass is 991 g/mol. The minimum atomic E-state index is -0.567. The second-order valence-corrected chi connectivity index (χ2v) is 17.3. The first kappa shape index (κ1) is 50.1. The number of fused-ring (bicyclic) bond motifs is 6. The molecule has 0 aliphatic carbocycles. The van der Waals surface area contributed by atoms with E-state index in [-0.39, 0.29) is 24.5 Å². The Hall–Kier alpha value is -6.34. The van der Waals surface area contributed by atoms with Gasteiger partial charge in [0, 0.05) is 45.3 Å². The topological polar surface area (TPSA) is 188 Å². The van der Waals surface area contributed by atoms with Crippen LogP contribution < -0.4 is 14.8 Å². The Morgan fingerprint density at radius 2 is 0.957 bits per heavy atom. The van der Waals surface area contributed by atoms with E-state index in [1.165, 1.54) is 0 Å². The van der Waals surface area contributed by atoms with Gasteiger partial charge in [-0.15, -0.1) is 20.4 Å². The fraction of sp³-hybridized carbons (Fsp3) is 0.373. The highest BCUT2D eigenvalue weighted by atomic mass is 35.5. The fourth-order valence-electron chi connectivity index (χ4n) is 8.20. The van der Waals surface area contributed by atoms with Crippen molar-refractivity contribution in [3.05, 3.63) is 141 Å². The van der Waals surface area contributed by atoms with Crippen molar-refractivity contribution in [2.75, 3.05) is 72.6 Å². The highest BCUT2D eigenvalue weighted by molar-refractivity contribution is 6.31. The van der Waals surface area contributed by atoms with Gasteiger partial charge in [-0.25, -0.2) is 0 Å². The maximum atomic E-state index is 12.8. The third kappa shape index (κ3) is 12.3. The number of Topliss-reactive ketones (excluding diaryl/α,β-unsaturated/α-hetero) is 1. The Morgan fingerprint density at radius 1 is 0.557 bits per heavy atom. The van der Waals surface area contributed by atoms with Gasteiger partial charge < -0.3 is 33.7 Å². The van der Waals surface area contributed by atoms with E-state index in [2.05, 4.69) is 25.7 Å². The van der Waals surface area contributed by atoms with Gasteiger partial charge in [-0.3, -0.25) is 28.7 Å². The molecule has 0 radical (unpaired) electrons. The van der Waals surface area contributed by atoms with Gasteiger partial charge in [-0.2, -0.15) is 0 Å². The lowest BCUT2D eigenvalue weighted by Crippen LogP contribution is -2.25. The number of carbonyl (C=O) groups is 2. The van der Waals surface area contributed by atoms with Crippen LogP contribution in [0.1, 0.15) is 84.3 Å². The molecule has 8 rings (SSSR count). The molecular weight excluding hydrogens is 938 g/mol. The number of halogens is 2. The number of rotatable bonds is 24. The molecule has 0 saturated heterocycles. The van der Waals surface area contributed by atoms with Gasteiger partial charge in [0.2, 0.25) is 5.91 Å². The van der Waals surface area contributed by atoms with E-state index in [4.69, 9.17) is 61.6 Å². The van der Waals surface area contributed by atoms with Crippen molar-refractivity contribution >= 4 is 46.3 Å². The molecule has 0 unspecified atom stereocenters. The molecule has 0 bridgehead atoms. The van der Waals surface area contributed by atoms with Gasteiger partial charge in [0.15, 0.2) is 11.6 Å². The summed E-state index contributed by atoms with van der Waals surface area (Å²) >= 11 is 12.5. The Bertz CT molecular complexity index is 2830. The zero-order chi connectivity index (χ0) is 49.0. The van der Waals surface area contributed by atoms with Crippen molar-refractivity contribution < 1.29 is 38.0 Å². The number of benzene rings is 4. The molecule has 4 aromatic carbocycles. The van der Waals surface area contributed by atoms with E-state index in [9.17, 15) is 9.59 Å². The number of amides is 1. The number of nitrogens with one attached hydrogen (secondary N) is 1. The normalized spacial score (nSPS) is 14.8. The van der Waals surface area contributed by atoms with Gasteiger partial charge in [0.1, 0.15) is 54.2 Å². The van der Waals surface area contributed by atoms with Crippen LogP contribution in [0, 0.1) is 13.8 Å². The summed E-state index contributed by atoms with van der Waals surface area (Å²) in [6.07, 6.45) is 0.309. The van der Waals surface area contributed by atoms with E-state index >= 15 is 0 Å². The molecule has 19 heteroatoms. The molecule has 0 fully saturated rings. The number of hydrogen-bond acceptors (Lipinski definition) is 14. The minimum Gasteiger partial charge on any atom is -0.491 e. The molecule has 0 saturated carbocycles. The number of nitrogens with zero attached hydrogens (tertiary/aromatic N) is 8. The zero-order valence-electron chi connectivity index (χ0n) is 39.5. The predicted molar refractivity (Wildman–Crippen MR) is 265 cm³/mol. The van der Waals surface area contributed by atoms with E-state index in [0.717, 1.165) is 33.6 Å². The summed E-state index contributed by atoms with van der Waals surface area (Å²) < 4.78 is 39.1. The average molecular weight is 993 g/mol. The molecule has 17 nitrogen and oxygen atoms in total. The quantitative estimate of drug-likeness (QED) is 0.0587. The summed E-state index contributed by atoms with van der Waals surface area (Å²) in [5.41, 5.74) is 6.40. The molecule has 1 amide bonds. The molecule has 2 aromatic heterocycles. The lowest BCUT2D eigenvalue weighted by Gasteiger charge is -2.15. The number of aryl methyl sites for hydroxylation is 2. The molecule has 4 heterocycles. The Morgan fingerprint density at radius 3 is 1.36 bits per heavy atom. The minimum absolute atomic E-state index is 0.00324. The number of aliphatic imine (C=N–C) groups is 2. The van der Waals surface area contributed by atoms with Gasteiger partial charge >= 0.3 is 0 Å². The van der Waals surface area contributed by atoms with Crippen LogP contribution in [-0.4, -0.2) is 125 Å². The van der Waals surface area contributed by atoms with Crippen LogP contribution in [-0.2, 0) is 28.5 Å². The second-order valence-electron chi connectivity index (χ2n) is 16.5. The molecule has 1 N–H and O–H groups in total. The van der Waals surface area contributed by atoms with Crippen LogP contribution in [0.3, 0.4) is 0 Å². The largest absolute Gasteiger partial charge is 0.491 e.